The van der Waals surface area contributed by atoms with E-state index in [1.165, 1.54) is 0 Å². The summed E-state index contributed by atoms with van der Waals surface area (Å²) in [5, 5.41) is 12.4. The molecule has 0 saturated carbocycles. The Bertz CT molecular complexity index is 706. The highest BCUT2D eigenvalue weighted by Crippen LogP contribution is 2.22. The first kappa shape index (κ1) is 21.2. The van der Waals surface area contributed by atoms with Gasteiger partial charge in [-0.2, -0.15) is 5.26 Å². The minimum Gasteiger partial charge on any atom is -0.376 e. The number of ether oxygens (including phenoxy) is 1. The molecule has 2 unspecified atom stereocenters. The molecule has 148 valence electrons. The standard InChI is InChI=1S/C22H33N3O2/c1-5-6-7-9-16(2)24-22(26)20(14-23)13-19-12-17(3)25(18(19)4)15-21-10-8-11-27-21/h12-13,16,21H,5-11,15H2,1-4H3,(H,24,26)/b20-13+. The first-order valence-electron chi connectivity index (χ1n) is 10.2. The summed E-state index contributed by atoms with van der Waals surface area (Å²) in [5.74, 6) is -0.287. The van der Waals surface area contributed by atoms with Crippen LogP contribution in [0.5, 0.6) is 0 Å². The lowest BCUT2D eigenvalue weighted by molar-refractivity contribution is -0.117. The van der Waals surface area contributed by atoms with Gasteiger partial charge in [-0.25, -0.2) is 0 Å². The summed E-state index contributed by atoms with van der Waals surface area (Å²) in [5.41, 5.74) is 3.28. The molecule has 1 saturated heterocycles. The number of nitrogens with one attached hydrogen (secondary N) is 1. The molecule has 2 atom stereocenters. The highest BCUT2D eigenvalue weighted by molar-refractivity contribution is 6.01. The largest absolute Gasteiger partial charge is 0.376 e. The fourth-order valence-electron chi connectivity index (χ4n) is 3.63. The van der Waals surface area contributed by atoms with Gasteiger partial charge >= 0.3 is 0 Å². The van der Waals surface area contributed by atoms with Crippen LogP contribution in [-0.4, -0.2) is 29.2 Å². The number of nitrogens with zero attached hydrogens (tertiary/aromatic N) is 2. The van der Waals surface area contributed by atoms with E-state index in [1.54, 1.807) is 6.08 Å². The molecular weight excluding hydrogens is 338 g/mol. The molecule has 0 aliphatic carbocycles. The topological polar surface area (TPSA) is 67.0 Å². The summed E-state index contributed by atoms with van der Waals surface area (Å²) in [6.07, 6.45) is 8.53. The van der Waals surface area contributed by atoms with Crippen molar-refractivity contribution in [2.24, 2.45) is 0 Å². The average molecular weight is 372 g/mol. The molecular formula is C22H33N3O2. The van der Waals surface area contributed by atoms with Crippen molar-refractivity contribution in [3.63, 3.8) is 0 Å². The van der Waals surface area contributed by atoms with Gasteiger partial charge in [-0.1, -0.05) is 26.2 Å². The zero-order valence-electron chi connectivity index (χ0n) is 17.2. The number of amides is 1. The molecule has 0 aromatic carbocycles. The molecule has 1 aromatic heterocycles. The van der Waals surface area contributed by atoms with Gasteiger partial charge in [-0.05, 0) is 57.7 Å². The van der Waals surface area contributed by atoms with Gasteiger partial charge in [0.1, 0.15) is 11.6 Å². The monoisotopic (exact) mass is 371 g/mol. The molecule has 1 aliphatic rings. The zero-order valence-corrected chi connectivity index (χ0v) is 17.2. The lowest BCUT2D eigenvalue weighted by Gasteiger charge is -2.15. The van der Waals surface area contributed by atoms with Crippen LogP contribution in [0, 0.1) is 25.2 Å². The minimum absolute atomic E-state index is 0.0766. The Kier molecular flexibility index (Phi) is 8.12. The van der Waals surface area contributed by atoms with Crippen LogP contribution in [0.15, 0.2) is 11.6 Å². The Morgan fingerprint density at radius 1 is 1.48 bits per heavy atom. The van der Waals surface area contributed by atoms with E-state index in [1.807, 2.05) is 19.9 Å². The maximum Gasteiger partial charge on any atom is 0.262 e. The van der Waals surface area contributed by atoms with Gasteiger partial charge in [0.05, 0.1) is 6.10 Å². The van der Waals surface area contributed by atoms with Crippen LogP contribution < -0.4 is 5.32 Å². The van der Waals surface area contributed by atoms with Gasteiger partial charge in [-0.15, -0.1) is 0 Å². The molecule has 5 nitrogen and oxygen atoms in total. The van der Waals surface area contributed by atoms with Gasteiger partial charge in [-0.3, -0.25) is 4.79 Å². The predicted octanol–water partition coefficient (Wildman–Crippen LogP) is 4.28. The number of carbonyl (C=O) groups is 1. The SMILES string of the molecule is CCCCCC(C)NC(=O)/C(C#N)=C/c1cc(C)n(CC2CCCO2)c1C. The van der Waals surface area contributed by atoms with Crippen LogP contribution >= 0.6 is 0 Å². The van der Waals surface area contributed by atoms with Crippen molar-refractivity contribution in [1.29, 1.82) is 5.26 Å². The fraction of sp³-hybridized carbons (Fsp3) is 0.636. The molecule has 0 spiro atoms. The Morgan fingerprint density at radius 3 is 2.89 bits per heavy atom. The van der Waals surface area contributed by atoms with Crippen LogP contribution in [0.3, 0.4) is 0 Å². The summed E-state index contributed by atoms with van der Waals surface area (Å²) in [6, 6.07) is 4.18. The second kappa shape index (κ2) is 10.3. The summed E-state index contributed by atoms with van der Waals surface area (Å²) in [4.78, 5) is 12.5. The maximum absolute atomic E-state index is 12.5. The second-order valence-electron chi connectivity index (χ2n) is 7.61. The summed E-state index contributed by atoms with van der Waals surface area (Å²) in [7, 11) is 0. The Labute approximate surface area is 163 Å². The van der Waals surface area contributed by atoms with E-state index in [4.69, 9.17) is 4.74 Å². The molecule has 0 bridgehead atoms. The fourth-order valence-corrected chi connectivity index (χ4v) is 3.63. The van der Waals surface area contributed by atoms with E-state index in [-0.39, 0.29) is 23.6 Å². The lowest BCUT2D eigenvalue weighted by Crippen LogP contribution is -2.33. The van der Waals surface area contributed by atoms with Crippen LogP contribution in [0.25, 0.3) is 6.08 Å². The number of aryl methyl sites for hydroxylation is 1. The molecule has 1 N–H and O–H groups in total. The molecule has 1 fully saturated rings. The normalized spacial score (nSPS) is 18.3. The molecule has 1 aliphatic heterocycles. The third kappa shape index (κ3) is 5.97. The van der Waals surface area contributed by atoms with E-state index in [0.29, 0.717) is 0 Å². The van der Waals surface area contributed by atoms with Crippen LogP contribution in [0.1, 0.15) is 69.3 Å². The number of unbranched alkanes of at least 4 members (excludes halogenated alkanes) is 2. The molecule has 2 rings (SSSR count). The summed E-state index contributed by atoms with van der Waals surface area (Å²) >= 11 is 0. The van der Waals surface area contributed by atoms with Crippen molar-refractivity contribution in [3.8, 4) is 6.07 Å². The van der Waals surface area contributed by atoms with Gasteiger partial charge in [0.2, 0.25) is 0 Å². The first-order chi connectivity index (χ1) is 13.0. The van der Waals surface area contributed by atoms with Crippen LogP contribution in [-0.2, 0) is 16.1 Å². The first-order valence-corrected chi connectivity index (χ1v) is 10.2. The van der Waals surface area contributed by atoms with Crippen molar-refractivity contribution in [2.75, 3.05) is 6.61 Å². The second-order valence-corrected chi connectivity index (χ2v) is 7.61. The highest BCUT2D eigenvalue weighted by Gasteiger charge is 2.19. The Morgan fingerprint density at radius 2 is 2.26 bits per heavy atom. The lowest BCUT2D eigenvalue weighted by atomic mass is 10.1. The van der Waals surface area contributed by atoms with E-state index in [2.05, 4.69) is 29.8 Å². The van der Waals surface area contributed by atoms with Crippen LogP contribution in [0.2, 0.25) is 0 Å². The van der Waals surface area contributed by atoms with E-state index in [0.717, 1.165) is 68.6 Å². The van der Waals surface area contributed by atoms with E-state index < -0.39 is 0 Å². The van der Waals surface area contributed by atoms with Crippen molar-refractivity contribution in [2.45, 2.75) is 84.9 Å². The number of aromatic nitrogens is 1. The third-order valence-electron chi connectivity index (χ3n) is 5.31. The molecule has 27 heavy (non-hydrogen) atoms. The van der Waals surface area contributed by atoms with Gasteiger partial charge in [0, 0.05) is 30.6 Å². The number of rotatable bonds is 9. The van der Waals surface area contributed by atoms with E-state index >= 15 is 0 Å². The smallest absolute Gasteiger partial charge is 0.262 e. The summed E-state index contributed by atoms with van der Waals surface area (Å²) < 4.78 is 7.97. The molecule has 1 amide bonds. The average Bonchev–Trinajstić information content (AvgIpc) is 3.23. The van der Waals surface area contributed by atoms with Gasteiger partial charge in [0.25, 0.3) is 5.91 Å². The highest BCUT2D eigenvalue weighted by atomic mass is 16.5. The van der Waals surface area contributed by atoms with Crippen molar-refractivity contribution >= 4 is 12.0 Å². The van der Waals surface area contributed by atoms with Crippen molar-refractivity contribution in [3.05, 3.63) is 28.6 Å². The maximum atomic E-state index is 12.5. The minimum atomic E-state index is -0.287. The third-order valence-corrected chi connectivity index (χ3v) is 5.31. The summed E-state index contributed by atoms with van der Waals surface area (Å²) in [6.45, 7) is 9.92. The Balaban J connectivity index is 2.08. The molecule has 5 heteroatoms. The van der Waals surface area contributed by atoms with Gasteiger partial charge < -0.3 is 14.6 Å². The molecule has 1 aromatic rings. The quantitative estimate of drug-likeness (QED) is 0.400. The van der Waals surface area contributed by atoms with Crippen molar-refractivity contribution < 1.29 is 9.53 Å². The number of nitriles is 1. The molecule has 2 heterocycles. The van der Waals surface area contributed by atoms with E-state index in [9.17, 15) is 10.1 Å². The number of hydrogen-bond donors (Lipinski definition) is 1. The number of carbonyl (C=O) groups excluding carboxylic acids is 1. The van der Waals surface area contributed by atoms with Gasteiger partial charge in [0.15, 0.2) is 0 Å². The van der Waals surface area contributed by atoms with Crippen molar-refractivity contribution in [1.82, 2.24) is 9.88 Å². The zero-order chi connectivity index (χ0) is 19.8. The number of hydrogen-bond acceptors (Lipinski definition) is 3. The molecule has 0 radical (unpaired) electrons. The predicted molar refractivity (Wildman–Crippen MR) is 108 cm³/mol. The Hall–Kier alpha value is -2.06. The van der Waals surface area contributed by atoms with Crippen LogP contribution in [0.4, 0.5) is 0 Å².